The Hall–Kier alpha value is -0.620. The molecule has 102 valence electrons. The van der Waals surface area contributed by atoms with E-state index in [4.69, 9.17) is 5.73 Å². The zero-order valence-electron chi connectivity index (χ0n) is 10.9. The highest BCUT2D eigenvalue weighted by molar-refractivity contribution is 7.92. The predicted molar refractivity (Wildman–Crippen MR) is 69.4 cm³/mol. The molecule has 1 atom stereocenters. The first kappa shape index (κ1) is 16.4. The Labute approximate surface area is 104 Å². The summed E-state index contributed by atoms with van der Waals surface area (Å²) in [4.78, 5) is 11.5. The fourth-order valence-corrected chi connectivity index (χ4v) is 2.76. The minimum atomic E-state index is -3.33. The molecular formula is C11H24N2O3S. The second-order valence-corrected chi connectivity index (χ2v) is 6.62. The maximum Gasteiger partial charge on any atom is 0.235 e. The van der Waals surface area contributed by atoms with Crippen LogP contribution in [0.4, 0.5) is 0 Å². The van der Waals surface area contributed by atoms with Crippen molar-refractivity contribution in [2.24, 2.45) is 5.73 Å². The second kappa shape index (κ2) is 7.66. The van der Waals surface area contributed by atoms with Gasteiger partial charge < -0.3 is 11.1 Å². The van der Waals surface area contributed by atoms with Gasteiger partial charge in [0, 0.05) is 12.1 Å². The molecule has 3 N–H and O–H groups in total. The predicted octanol–water partition coefficient (Wildman–Crippen LogP) is 0.443. The van der Waals surface area contributed by atoms with Crippen LogP contribution in [0.2, 0.25) is 0 Å². The van der Waals surface area contributed by atoms with Crippen molar-refractivity contribution in [1.82, 2.24) is 5.32 Å². The molecule has 0 aliphatic carbocycles. The highest BCUT2D eigenvalue weighted by atomic mass is 32.2. The minimum Gasteiger partial charge on any atom is -0.353 e. The maximum atomic E-state index is 11.6. The molecule has 17 heavy (non-hydrogen) atoms. The fraction of sp³-hybridized carbons (Fsp3) is 0.909. The smallest absolute Gasteiger partial charge is 0.235 e. The number of nitrogens with one attached hydrogen (secondary N) is 1. The van der Waals surface area contributed by atoms with Crippen molar-refractivity contribution in [2.75, 3.05) is 11.5 Å². The van der Waals surface area contributed by atoms with Gasteiger partial charge in [-0.05, 0) is 26.2 Å². The number of carbonyl (C=O) groups excluding carboxylic acids is 1. The summed E-state index contributed by atoms with van der Waals surface area (Å²) in [6.45, 7) is 5.66. The summed E-state index contributed by atoms with van der Waals surface area (Å²) in [5.74, 6) is -0.875. The van der Waals surface area contributed by atoms with Crippen molar-refractivity contribution in [2.45, 2.75) is 52.1 Å². The van der Waals surface area contributed by atoms with E-state index in [2.05, 4.69) is 5.32 Å². The van der Waals surface area contributed by atoms with E-state index in [0.29, 0.717) is 6.42 Å². The van der Waals surface area contributed by atoms with Crippen molar-refractivity contribution < 1.29 is 13.2 Å². The lowest BCUT2D eigenvalue weighted by Gasteiger charge is -2.14. The van der Waals surface area contributed by atoms with E-state index in [1.165, 1.54) is 0 Å². The molecule has 0 aromatic heterocycles. The van der Waals surface area contributed by atoms with Gasteiger partial charge in [-0.15, -0.1) is 0 Å². The number of rotatable bonds is 8. The number of hydrogen-bond acceptors (Lipinski definition) is 4. The Morgan fingerprint density at radius 2 is 1.82 bits per heavy atom. The van der Waals surface area contributed by atoms with Crippen molar-refractivity contribution in [3.05, 3.63) is 0 Å². The van der Waals surface area contributed by atoms with Crippen LogP contribution in [-0.2, 0) is 14.6 Å². The molecule has 0 radical (unpaired) electrons. The molecule has 0 aliphatic rings. The van der Waals surface area contributed by atoms with E-state index in [1.807, 2.05) is 13.8 Å². The van der Waals surface area contributed by atoms with Crippen LogP contribution >= 0.6 is 0 Å². The van der Waals surface area contributed by atoms with E-state index in [0.717, 1.165) is 12.8 Å². The highest BCUT2D eigenvalue weighted by Gasteiger charge is 2.18. The summed E-state index contributed by atoms with van der Waals surface area (Å²) in [7, 11) is -3.33. The largest absolute Gasteiger partial charge is 0.353 e. The standard InChI is InChI=1S/C11H24N2O3S/c1-4-10(5-2)13-11(14)8-17(15,16)7-6-9(3)12/h9-10H,4-8,12H2,1-3H3,(H,13,14). The summed E-state index contributed by atoms with van der Waals surface area (Å²) in [6.07, 6.45) is 2.00. The van der Waals surface area contributed by atoms with E-state index in [9.17, 15) is 13.2 Å². The van der Waals surface area contributed by atoms with Gasteiger partial charge in [-0.3, -0.25) is 4.79 Å². The van der Waals surface area contributed by atoms with Gasteiger partial charge in [0.2, 0.25) is 5.91 Å². The number of amides is 1. The van der Waals surface area contributed by atoms with E-state index in [1.54, 1.807) is 6.92 Å². The molecule has 1 amide bonds. The van der Waals surface area contributed by atoms with Crippen molar-refractivity contribution in [3.63, 3.8) is 0 Å². The number of sulfone groups is 1. The van der Waals surface area contributed by atoms with Crippen molar-refractivity contribution in [3.8, 4) is 0 Å². The third-order valence-corrected chi connectivity index (χ3v) is 4.15. The zero-order valence-corrected chi connectivity index (χ0v) is 11.7. The Morgan fingerprint density at radius 1 is 1.29 bits per heavy atom. The van der Waals surface area contributed by atoms with Gasteiger partial charge in [0.1, 0.15) is 5.75 Å². The van der Waals surface area contributed by atoms with Gasteiger partial charge in [0.25, 0.3) is 0 Å². The number of hydrogen-bond donors (Lipinski definition) is 2. The zero-order chi connectivity index (χ0) is 13.5. The van der Waals surface area contributed by atoms with Crippen LogP contribution in [-0.4, -0.2) is 37.9 Å². The van der Waals surface area contributed by atoms with Gasteiger partial charge in [-0.1, -0.05) is 13.8 Å². The summed E-state index contributed by atoms with van der Waals surface area (Å²) in [6, 6.07) is -0.0991. The molecule has 0 fully saturated rings. The van der Waals surface area contributed by atoms with Gasteiger partial charge in [-0.25, -0.2) is 8.42 Å². The molecule has 0 rings (SSSR count). The monoisotopic (exact) mass is 264 g/mol. The molecule has 6 heteroatoms. The first-order chi connectivity index (χ1) is 7.80. The third-order valence-electron chi connectivity index (χ3n) is 2.59. The number of nitrogens with two attached hydrogens (primary N) is 1. The molecule has 5 nitrogen and oxygen atoms in total. The van der Waals surface area contributed by atoms with Crippen LogP contribution in [0.5, 0.6) is 0 Å². The topological polar surface area (TPSA) is 89.3 Å². The lowest BCUT2D eigenvalue weighted by atomic mass is 10.2. The summed E-state index contributed by atoms with van der Waals surface area (Å²) in [5.41, 5.74) is 5.49. The van der Waals surface area contributed by atoms with Gasteiger partial charge in [0.05, 0.1) is 5.75 Å². The van der Waals surface area contributed by atoms with E-state index in [-0.39, 0.29) is 17.8 Å². The fourth-order valence-electron chi connectivity index (χ4n) is 1.40. The maximum absolute atomic E-state index is 11.6. The Morgan fingerprint density at radius 3 is 2.24 bits per heavy atom. The van der Waals surface area contributed by atoms with Crippen LogP contribution in [0.15, 0.2) is 0 Å². The highest BCUT2D eigenvalue weighted by Crippen LogP contribution is 1.99. The Balaban J connectivity index is 4.18. The van der Waals surface area contributed by atoms with E-state index < -0.39 is 21.5 Å². The summed E-state index contributed by atoms with van der Waals surface area (Å²) >= 11 is 0. The van der Waals surface area contributed by atoms with Crippen LogP contribution in [0.1, 0.15) is 40.0 Å². The molecule has 0 heterocycles. The van der Waals surface area contributed by atoms with Crippen LogP contribution in [0.25, 0.3) is 0 Å². The molecule has 1 unspecified atom stereocenters. The summed E-state index contributed by atoms with van der Waals surface area (Å²) < 4.78 is 23.2. The lowest BCUT2D eigenvalue weighted by molar-refractivity contribution is -0.119. The summed E-state index contributed by atoms with van der Waals surface area (Å²) in [5, 5.41) is 2.71. The normalized spacial score (nSPS) is 13.7. The molecule has 0 bridgehead atoms. The average molecular weight is 264 g/mol. The Kier molecular flexibility index (Phi) is 7.38. The van der Waals surface area contributed by atoms with Crippen molar-refractivity contribution in [1.29, 1.82) is 0 Å². The third kappa shape index (κ3) is 8.15. The second-order valence-electron chi connectivity index (χ2n) is 4.44. The van der Waals surface area contributed by atoms with E-state index >= 15 is 0 Å². The molecule has 0 saturated heterocycles. The molecule has 0 spiro atoms. The van der Waals surface area contributed by atoms with Crippen LogP contribution < -0.4 is 11.1 Å². The average Bonchev–Trinajstić information content (AvgIpc) is 2.22. The van der Waals surface area contributed by atoms with Gasteiger partial charge in [0.15, 0.2) is 9.84 Å². The Bertz CT molecular complexity index is 322. The molecule has 0 aliphatic heterocycles. The van der Waals surface area contributed by atoms with Crippen LogP contribution in [0, 0.1) is 0 Å². The van der Waals surface area contributed by atoms with Gasteiger partial charge >= 0.3 is 0 Å². The van der Waals surface area contributed by atoms with Crippen LogP contribution in [0.3, 0.4) is 0 Å². The lowest BCUT2D eigenvalue weighted by Crippen LogP contribution is -2.38. The minimum absolute atomic E-state index is 0.0268. The quantitative estimate of drug-likeness (QED) is 0.666. The number of carbonyl (C=O) groups is 1. The van der Waals surface area contributed by atoms with Gasteiger partial charge in [-0.2, -0.15) is 0 Å². The molecule has 0 aromatic carbocycles. The van der Waals surface area contributed by atoms with Crippen molar-refractivity contribution >= 4 is 15.7 Å². The molecule has 0 saturated carbocycles. The first-order valence-electron chi connectivity index (χ1n) is 6.06. The first-order valence-corrected chi connectivity index (χ1v) is 7.88. The SMILES string of the molecule is CCC(CC)NC(=O)CS(=O)(=O)CCC(C)N. The molecular weight excluding hydrogens is 240 g/mol. The molecule has 0 aromatic rings.